The van der Waals surface area contributed by atoms with Gasteiger partial charge in [-0.3, -0.25) is 0 Å². The minimum Gasteiger partial charge on any atom is -0.462 e. The van der Waals surface area contributed by atoms with E-state index in [1.54, 1.807) is 31.2 Å². The molecule has 2 aromatic rings. The summed E-state index contributed by atoms with van der Waals surface area (Å²) in [5.41, 5.74) is 0.961. The highest BCUT2D eigenvalue weighted by Crippen LogP contribution is 2.20. The third-order valence-corrected chi connectivity index (χ3v) is 4.20. The van der Waals surface area contributed by atoms with E-state index in [4.69, 9.17) is 16.3 Å². The molecule has 0 spiro atoms. The second kappa shape index (κ2) is 6.08. The number of carbonyl (C=O) groups is 1. The van der Waals surface area contributed by atoms with Crippen LogP contribution in [0.3, 0.4) is 0 Å². The number of hydrogen-bond donors (Lipinski definition) is 0. The van der Waals surface area contributed by atoms with Crippen LogP contribution in [0.15, 0.2) is 29.3 Å². The van der Waals surface area contributed by atoms with Gasteiger partial charge in [0.1, 0.15) is 0 Å². The van der Waals surface area contributed by atoms with E-state index in [-0.39, 0.29) is 5.97 Å². The molecular weight excluding hydrogens is 292 g/mol. The van der Waals surface area contributed by atoms with Gasteiger partial charge in [-0.25, -0.2) is 9.79 Å². The lowest BCUT2D eigenvalue weighted by molar-refractivity contribution is 0.0527. The van der Waals surface area contributed by atoms with Crippen LogP contribution < -0.4 is 4.67 Å². The average molecular weight is 301 g/mol. The van der Waals surface area contributed by atoms with Crippen LogP contribution in [0.2, 0.25) is 5.15 Å². The Balaban J connectivity index is 2.46. The Morgan fingerprint density at radius 2 is 2.28 bits per heavy atom. The first-order valence-electron chi connectivity index (χ1n) is 5.14. The van der Waals surface area contributed by atoms with Crippen molar-refractivity contribution in [2.45, 2.75) is 6.92 Å². The standard InChI is InChI=1S/C11H9ClN2O2S2/c1-2-16-11(15)7-5-3-4-6-8(7)13-10-9(12)14-18-17-10/h3-6H,2H2,1H3. The molecule has 0 aliphatic rings. The zero-order valence-corrected chi connectivity index (χ0v) is 11.8. The number of nitrogens with zero attached hydrogens (tertiary/aromatic N) is 2. The molecule has 0 radical (unpaired) electrons. The third kappa shape index (κ3) is 2.95. The Kier molecular flexibility index (Phi) is 4.46. The molecule has 1 heterocycles. The number of rotatable bonds is 3. The first-order valence-corrected chi connectivity index (χ1v) is 7.63. The van der Waals surface area contributed by atoms with E-state index in [1.165, 1.54) is 20.9 Å². The van der Waals surface area contributed by atoms with Gasteiger partial charge in [0, 0.05) is 10.5 Å². The van der Waals surface area contributed by atoms with E-state index in [2.05, 4.69) is 9.37 Å². The Labute approximate surface area is 116 Å². The second-order valence-corrected chi connectivity index (χ2v) is 5.38. The van der Waals surface area contributed by atoms with Crippen molar-refractivity contribution in [3.63, 3.8) is 0 Å². The highest BCUT2D eigenvalue weighted by Gasteiger charge is 2.11. The van der Waals surface area contributed by atoms with Gasteiger partial charge in [-0.05, 0) is 29.4 Å². The van der Waals surface area contributed by atoms with Crippen LogP contribution in [0.1, 0.15) is 17.3 Å². The van der Waals surface area contributed by atoms with Crippen molar-refractivity contribution < 1.29 is 9.53 Å². The smallest absolute Gasteiger partial charge is 0.340 e. The van der Waals surface area contributed by atoms with Crippen molar-refractivity contribution >= 4 is 44.1 Å². The summed E-state index contributed by atoms with van der Waals surface area (Å²) in [5, 5.41) is 0.351. The molecule has 0 atom stereocenters. The fraction of sp³-hybridized carbons (Fsp3) is 0.182. The molecule has 18 heavy (non-hydrogen) atoms. The van der Waals surface area contributed by atoms with Gasteiger partial charge >= 0.3 is 5.97 Å². The molecule has 0 saturated carbocycles. The van der Waals surface area contributed by atoms with Gasteiger partial charge in [0.25, 0.3) is 0 Å². The zero-order chi connectivity index (χ0) is 13.0. The molecule has 4 nitrogen and oxygen atoms in total. The predicted octanol–water partition coefficient (Wildman–Crippen LogP) is 3.27. The van der Waals surface area contributed by atoms with E-state index in [0.717, 1.165) is 0 Å². The minimum absolute atomic E-state index is 0.330. The zero-order valence-electron chi connectivity index (χ0n) is 9.42. The van der Waals surface area contributed by atoms with Crippen molar-refractivity contribution in [3.05, 3.63) is 39.7 Å². The fourth-order valence-electron chi connectivity index (χ4n) is 1.29. The van der Waals surface area contributed by atoms with E-state index in [0.29, 0.717) is 27.7 Å². The summed E-state index contributed by atoms with van der Waals surface area (Å²) in [4.78, 5) is 16.1. The number of esters is 1. The molecule has 0 bridgehead atoms. The number of aromatic nitrogens is 1. The summed E-state index contributed by atoms with van der Waals surface area (Å²) >= 11 is 5.88. The van der Waals surface area contributed by atoms with E-state index in [9.17, 15) is 4.79 Å². The number of benzene rings is 1. The molecule has 1 aromatic heterocycles. The largest absolute Gasteiger partial charge is 0.462 e. The number of hydrogen-bond acceptors (Lipinski definition) is 6. The van der Waals surface area contributed by atoms with Crippen LogP contribution in [-0.2, 0) is 4.74 Å². The van der Waals surface area contributed by atoms with E-state index in [1.807, 2.05) is 0 Å². The summed E-state index contributed by atoms with van der Waals surface area (Å²) < 4.78 is 9.51. The monoisotopic (exact) mass is 300 g/mol. The number of halogens is 1. The van der Waals surface area contributed by atoms with Gasteiger partial charge < -0.3 is 4.74 Å². The number of para-hydroxylation sites is 1. The molecular formula is C11H9ClN2O2S2. The normalized spacial score (nSPS) is 11.6. The van der Waals surface area contributed by atoms with E-state index >= 15 is 0 Å². The topological polar surface area (TPSA) is 51.5 Å². The lowest BCUT2D eigenvalue weighted by Gasteiger charge is -2.03. The maximum Gasteiger partial charge on any atom is 0.340 e. The van der Waals surface area contributed by atoms with Crippen LogP contribution in [0.5, 0.6) is 0 Å². The predicted molar refractivity (Wildman–Crippen MR) is 72.6 cm³/mol. The van der Waals surface area contributed by atoms with Crippen LogP contribution >= 0.6 is 32.5 Å². The molecule has 0 aliphatic heterocycles. The summed E-state index contributed by atoms with van der Waals surface area (Å²) in [6.07, 6.45) is 0. The lowest BCUT2D eigenvalue weighted by atomic mass is 10.2. The van der Waals surface area contributed by atoms with Gasteiger partial charge in [-0.1, -0.05) is 23.7 Å². The van der Waals surface area contributed by atoms with Gasteiger partial charge in [0.05, 0.1) is 17.9 Å². The molecule has 2 rings (SSSR count). The lowest BCUT2D eigenvalue weighted by Crippen LogP contribution is -2.05. The highest BCUT2D eigenvalue weighted by atomic mass is 35.5. The van der Waals surface area contributed by atoms with Gasteiger partial charge in [0.2, 0.25) is 0 Å². The first kappa shape index (κ1) is 13.2. The summed E-state index contributed by atoms with van der Waals surface area (Å²) in [6, 6.07) is 6.99. The summed E-state index contributed by atoms with van der Waals surface area (Å²) in [5.74, 6) is -0.388. The molecule has 0 amide bonds. The molecule has 0 fully saturated rings. The molecule has 94 valence electrons. The Morgan fingerprint density at radius 3 is 2.94 bits per heavy atom. The fourth-order valence-corrected chi connectivity index (χ4v) is 3.27. The van der Waals surface area contributed by atoms with Gasteiger partial charge in [-0.15, -0.1) is 0 Å². The highest BCUT2D eigenvalue weighted by molar-refractivity contribution is 7.66. The van der Waals surface area contributed by atoms with Crippen LogP contribution in [0.4, 0.5) is 5.69 Å². The average Bonchev–Trinajstić information content (AvgIpc) is 2.76. The van der Waals surface area contributed by atoms with Gasteiger partial charge in [-0.2, -0.15) is 4.37 Å². The SMILES string of the molecule is CCOC(=O)c1ccccc1N=c1ssnc1Cl. The van der Waals surface area contributed by atoms with Crippen molar-refractivity contribution in [3.8, 4) is 0 Å². The molecule has 7 heteroatoms. The van der Waals surface area contributed by atoms with Crippen molar-refractivity contribution in [1.29, 1.82) is 0 Å². The molecule has 1 aromatic carbocycles. The van der Waals surface area contributed by atoms with Crippen molar-refractivity contribution in [2.24, 2.45) is 4.99 Å². The molecule has 0 saturated heterocycles. The molecule has 0 N–H and O–H groups in total. The number of ether oxygens (including phenoxy) is 1. The summed E-state index contributed by atoms with van der Waals surface area (Å²) in [7, 11) is 2.62. The minimum atomic E-state index is -0.388. The second-order valence-electron chi connectivity index (χ2n) is 3.19. The van der Waals surface area contributed by atoms with Crippen LogP contribution in [0.25, 0.3) is 0 Å². The van der Waals surface area contributed by atoms with Crippen molar-refractivity contribution in [1.82, 2.24) is 4.37 Å². The molecule has 0 aliphatic carbocycles. The van der Waals surface area contributed by atoms with Crippen LogP contribution in [0, 0.1) is 0 Å². The Bertz CT molecular complexity index is 621. The third-order valence-electron chi connectivity index (χ3n) is 2.03. The van der Waals surface area contributed by atoms with Crippen LogP contribution in [-0.4, -0.2) is 16.9 Å². The Hall–Kier alpha value is -1.24. The van der Waals surface area contributed by atoms with Crippen molar-refractivity contribution in [2.75, 3.05) is 6.61 Å². The van der Waals surface area contributed by atoms with Gasteiger partial charge in [0.15, 0.2) is 9.82 Å². The molecule has 0 unspecified atom stereocenters. The summed E-state index contributed by atoms with van der Waals surface area (Å²) in [6.45, 7) is 2.09. The maximum absolute atomic E-state index is 11.8. The van der Waals surface area contributed by atoms with E-state index < -0.39 is 0 Å². The maximum atomic E-state index is 11.8. The Morgan fingerprint density at radius 1 is 1.50 bits per heavy atom. The first-order chi connectivity index (χ1) is 8.72. The number of carbonyl (C=O) groups excluding carboxylic acids is 1. The quantitative estimate of drug-likeness (QED) is 0.646.